The highest BCUT2D eigenvalue weighted by atomic mass is 16.8. The molecular formula is C12H20O8. The molecule has 0 bridgehead atoms. The van der Waals surface area contributed by atoms with Gasteiger partial charge in [-0.05, 0) is 13.8 Å². The molecule has 0 N–H and O–H groups in total. The Hall–Kier alpha value is -1.99. The predicted octanol–water partition coefficient (Wildman–Crippen LogP) is 1.65. The van der Waals surface area contributed by atoms with Crippen molar-refractivity contribution >= 4 is 18.3 Å². The molecule has 2 unspecified atom stereocenters. The number of methoxy groups -OCH3 is 1. The van der Waals surface area contributed by atoms with Crippen LogP contribution in [0.15, 0.2) is 0 Å². The smallest absolute Gasteiger partial charge is 0.459 e. The van der Waals surface area contributed by atoms with Crippen molar-refractivity contribution in [3.8, 4) is 0 Å². The Morgan fingerprint density at radius 1 is 0.900 bits per heavy atom. The van der Waals surface area contributed by atoms with Gasteiger partial charge in [0.2, 0.25) is 0 Å². The summed E-state index contributed by atoms with van der Waals surface area (Å²) in [6, 6.07) is 0. The van der Waals surface area contributed by atoms with Crippen molar-refractivity contribution in [2.75, 3.05) is 20.3 Å². The number of carbonyl (C=O) groups is 3. The summed E-state index contributed by atoms with van der Waals surface area (Å²) in [6.45, 7) is 4.49. The highest BCUT2D eigenvalue weighted by Crippen LogP contribution is 1.99. The van der Waals surface area contributed by atoms with E-state index in [1.54, 1.807) is 13.8 Å². The van der Waals surface area contributed by atoms with Crippen LogP contribution in [-0.2, 0) is 28.5 Å². The molecule has 0 aliphatic heterocycles. The van der Waals surface area contributed by atoms with Crippen LogP contribution in [0.5, 0.6) is 0 Å². The molecule has 0 aliphatic rings. The predicted molar refractivity (Wildman–Crippen MR) is 66.1 cm³/mol. The molecule has 0 saturated heterocycles. The standard InChI is InChI=1S/C12H20O8/c1-5-10(13)19-8(2)6-17-12(15)18-7-9(3)20-11(14)16-4/h8-9H,5-7H2,1-4H3. The Kier molecular flexibility index (Phi) is 8.89. The first kappa shape index (κ1) is 18.0. The molecule has 0 rings (SSSR count). The molecule has 20 heavy (non-hydrogen) atoms. The fourth-order valence-corrected chi connectivity index (χ4v) is 1.00. The fraction of sp³-hybridized carbons (Fsp3) is 0.750. The first-order valence-electron chi connectivity index (χ1n) is 6.12. The summed E-state index contributed by atoms with van der Waals surface area (Å²) in [5.74, 6) is -0.380. The molecule has 0 aliphatic carbocycles. The van der Waals surface area contributed by atoms with Gasteiger partial charge in [0.15, 0.2) is 0 Å². The lowest BCUT2D eigenvalue weighted by Gasteiger charge is -2.14. The molecular weight excluding hydrogens is 272 g/mol. The highest BCUT2D eigenvalue weighted by Gasteiger charge is 2.15. The van der Waals surface area contributed by atoms with Gasteiger partial charge in [-0.25, -0.2) is 9.59 Å². The highest BCUT2D eigenvalue weighted by molar-refractivity contribution is 5.69. The summed E-state index contributed by atoms with van der Waals surface area (Å²) >= 11 is 0. The molecule has 0 heterocycles. The van der Waals surface area contributed by atoms with Crippen LogP contribution in [0.25, 0.3) is 0 Å². The summed E-state index contributed by atoms with van der Waals surface area (Å²) < 4.78 is 23.3. The van der Waals surface area contributed by atoms with Crippen LogP contribution in [0.1, 0.15) is 27.2 Å². The Balaban J connectivity index is 3.78. The Morgan fingerprint density at radius 2 is 1.40 bits per heavy atom. The largest absolute Gasteiger partial charge is 0.508 e. The van der Waals surface area contributed by atoms with Crippen molar-refractivity contribution in [3.05, 3.63) is 0 Å². The van der Waals surface area contributed by atoms with Gasteiger partial charge in [0.25, 0.3) is 0 Å². The molecule has 0 fully saturated rings. The molecule has 0 aromatic rings. The third kappa shape index (κ3) is 9.01. The van der Waals surface area contributed by atoms with Crippen molar-refractivity contribution in [3.63, 3.8) is 0 Å². The zero-order chi connectivity index (χ0) is 15.5. The molecule has 0 radical (unpaired) electrons. The number of hydrogen-bond donors (Lipinski definition) is 0. The van der Waals surface area contributed by atoms with Gasteiger partial charge in [0.1, 0.15) is 25.4 Å². The van der Waals surface area contributed by atoms with E-state index in [4.69, 9.17) is 14.2 Å². The van der Waals surface area contributed by atoms with Gasteiger partial charge >= 0.3 is 18.3 Å². The van der Waals surface area contributed by atoms with Crippen LogP contribution in [0.2, 0.25) is 0 Å². The first-order chi connectivity index (χ1) is 9.38. The van der Waals surface area contributed by atoms with Crippen molar-refractivity contribution in [1.29, 1.82) is 0 Å². The van der Waals surface area contributed by atoms with Crippen LogP contribution in [0, 0.1) is 0 Å². The van der Waals surface area contributed by atoms with E-state index in [-0.39, 0.29) is 25.6 Å². The fourth-order valence-electron chi connectivity index (χ4n) is 1.00. The topological polar surface area (TPSA) is 97.4 Å². The van der Waals surface area contributed by atoms with Crippen molar-refractivity contribution < 1.29 is 38.1 Å². The van der Waals surface area contributed by atoms with E-state index in [9.17, 15) is 14.4 Å². The summed E-state index contributed by atoms with van der Waals surface area (Å²) in [4.78, 5) is 32.9. The maximum Gasteiger partial charge on any atom is 0.508 e. The van der Waals surface area contributed by atoms with Crippen molar-refractivity contribution in [2.24, 2.45) is 0 Å². The maximum absolute atomic E-state index is 11.2. The van der Waals surface area contributed by atoms with Gasteiger partial charge in [0.05, 0.1) is 7.11 Å². The van der Waals surface area contributed by atoms with E-state index in [2.05, 4.69) is 9.47 Å². The molecule has 8 heteroatoms. The van der Waals surface area contributed by atoms with Crippen LogP contribution in [0.3, 0.4) is 0 Å². The van der Waals surface area contributed by atoms with Crippen molar-refractivity contribution in [1.82, 2.24) is 0 Å². The molecule has 0 aromatic carbocycles. The van der Waals surface area contributed by atoms with Crippen LogP contribution >= 0.6 is 0 Å². The molecule has 116 valence electrons. The molecule has 0 aromatic heterocycles. The second kappa shape index (κ2) is 9.88. The summed E-state index contributed by atoms with van der Waals surface area (Å²) in [5.41, 5.74) is 0. The maximum atomic E-state index is 11.2. The lowest BCUT2D eigenvalue weighted by Crippen LogP contribution is -2.25. The zero-order valence-electron chi connectivity index (χ0n) is 12.0. The lowest BCUT2D eigenvalue weighted by molar-refractivity contribution is -0.150. The minimum atomic E-state index is -0.940. The number of carbonyl (C=O) groups excluding carboxylic acids is 3. The quantitative estimate of drug-likeness (QED) is 0.516. The van der Waals surface area contributed by atoms with Gasteiger partial charge in [0, 0.05) is 6.42 Å². The van der Waals surface area contributed by atoms with Gasteiger partial charge in [-0.2, -0.15) is 0 Å². The van der Waals surface area contributed by atoms with E-state index >= 15 is 0 Å². The Labute approximate surface area is 117 Å². The van der Waals surface area contributed by atoms with Crippen LogP contribution < -0.4 is 0 Å². The van der Waals surface area contributed by atoms with E-state index < -0.39 is 24.5 Å². The number of rotatable bonds is 7. The second-order valence-corrected chi connectivity index (χ2v) is 3.91. The van der Waals surface area contributed by atoms with Gasteiger partial charge in [-0.1, -0.05) is 6.92 Å². The summed E-state index contributed by atoms with van der Waals surface area (Å²) in [5, 5.41) is 0. The van der Waals surface area contributed by atoms with Gasteiger partial charge < -0.3 is 23.7 Å². The summed E-state index contributed by atoms with van der Waals surface area (Å²) in [7, 11) is 1.17. The van der Waals surface area contributed by atoms with Crippen LogP contribution in [0.4, 0.5) is 9.59 Å². The first-order valence-corrected chi connectivity index (χ1v) is 6.12. The van der Waals surface area contributed by atoms with E-state index in [0.717, 1.165) is 0 Å². The average molecular weight is 292 g/mol. The minimum Gasteiger partial charge on any atom is -0.459 e. The third-order valence-electron chi connectivity index (χ3n) is 1.96. The lowest BCUT2D eigenvalue weighted by atomic mass is 10.4. The van der Waals surface area contributed by atoms with Crippen molar-refractivity contribution in [2.45, 2.75) is 39.4 Å². The zero-order valence-corrected chi connectivity index (χ0v) is 12.0. The third-order valence-corrected chi connectivity index (χ3v) is 1.96. The SMILES string of the molecule is CCC(=O)OC(C)COC(=O)OCC(C)OC(=O)OC. The number of ether oxygens (including phenoxy) is 5. The number of esters is 1. The average Bonchev–Trinajstić information content (AvgIpc) is 2.42. The molecule has 2 atom stereocenters. The monoisotopic (exact) mass is 292 g/mol. The molecule has 0 saturated carbocycles. The van der Waals surface area contributed by atoms with Gasteiger partial charge in [-0.3, -0.25) is 4.79 Å². The molecule has 0 spiro atoms. The molecule has 0 amide bonds. The van der Waals surface area contributed by atoms with E-state index in [1.807, 2.05) is 0 Å². The van der Waals surface area contributed by atoms with Crippen LogP contribution in [-0.4, -0.2) is 50.8 Å². The normalized spacial score (nSPS) is 12.8. The number of hydrogen-bond acceptors (Lipinski definition) is 8. The summed E-state index contributed by atoms with van der Waals surface area (Å²) in [6.07, 6.45) is -2.78. The van der Waals surface area contributed by atoms with E-state index in [1.165, 1.54) is 14.0 Å². The van der Waals surface area contributed by atoms with E-state index in [0.29, 0.717) is 0 Å². The Bertz CT molecular complexity index is 297. The minimum absolute atomic E-state index is 0.114. The van der Waals surface area contributed by atoms with Gasteiger partial charge in [-0.15, -0.1) is 0 Å². The Morgan fingerprint density at radius 3 is 1.85 bits per heavy atom. The molecule has 8 nitrogen and oxygen atoms in total. The second-order valence-electron chi connectivity index (χ2n) is 3.91.